The Morgan fingerprint density at radius 3 is 2.47 bits per heavy atom. The van der Waals surface area contributed by atoms with Gasteiger partial charge in [-0.2, -0.15) is 5.10 Å². The average molecular weight is 362 g/mol. The van der Waals surface area contributed by atoms with E-state index in [4.69, 9.17) is 5.84 Å². The lowest BCUT2D eigenvalue weighted by Crippen LogP contribution is -2.12. The molecule has 6 nitrogen and oxygen atoms in total. The van der Waals surface area contributed by atoms with Crippen LogP contribution in [-0.2, 0) is 0 Å². The number of hydrogen-bond acceptors (Lipinski definition) is 5. The quantitative estimate of drug-likeness (QED) is 0.632. The molecule has 8 heteroatoms. The molecule has 2 heterocycles. The van der Waals surface area contributed by atoms with Crippen LogP contribution >= 0.6 is 31.9 Å². The highest BCUT2D eigenvalue weighted by atomic mass is 79.9. The summed E-state index contributed by atoms with van der Waals surface area (Å²) >= 11 is 6.88. The van der Waals surface area contributed by atoms with E-state index < -0.39 is 0 Å². The summed E-state index contributed by atoms with van der Waals surface area (Å²) in [6.07, 6.45) is 1.43. The van der Waals surface area contributed by atoms with E-state index in [0.29, 0.717) is 16.1 Å². The van der Waals surface area contributed by atoms with Gasteiger partial charge >= 0.3 is 0 Å². The van der Waals surface area contributed by atoms with Crippen molar-refractivity contribution >= 4 is 37.7 Å². The number of anilines is 1. The Balaban J connectivity index is 2.64. The van der Waals surface area contributed by atoms with Crippen LogP contribution in [0.25, 0.3) is 5.82 Å². The Labute approximate surface area is 115 Å². The maximum absolute atomic E-state index is 5.36. The van der Waals surface area contributed by atoms with Gasteiger partial charge in [0.05, 0.1) is 15.9 Å². The summed E-state index contributed by atoms with van der Waals surface area (Å²) in [6.45, 7) is 3.87. The van der Waals surface area contributed by atoms with Gasteiger partial charge in [0.2, 0.25) is 0 Å². The normalized spacial score (nSPS) is 10.6. The molecule has 2 rings (SSSR count). The Morgan fingerprint density at radius 1 is 1.24 bits per heavy atom. The second-order valence-electron chi connectivity index (χ2n) is 3.40. The van der Waals surface area contributed by atoms with Crippen LogP contribution in [0.15, 0.2) is 15.3 Å². The molecule has 0 unspecified atom stereocenters. The molecule has 2 aromatic rings. The number of hydrogen-bond donors (Lipinski definition) is 2. The average Bonchev–Trinajstić information content (AvgIpc) is 2.57. The fourth-order valence-electron chi connectivity index (χ4n) is 1.44. The number of aromatic nitrogens is 4. The first-order valence-corrected chi connectivity index (χ1v) is 6.34. The third-order valence-corrected chi connectivity index (χ3v) is 4.19. The highest BCUT2D eigenvalue weighted by molar-refractivity contribution is 9.11. The Kier molecular flexibility index (Phi) is 3.45. The van der Waals surface area contributed by atoms with Crippen molar-refractivity contribution in [1.82, 2.24) is 19.7 Å². The van der Waals surface area contributed by atoms with E-state index in [0.717, 1.165) is 15.9 Å². The smallest absolute Gasteiger partial charge is 0.173 e. The van der Waals surface area contributed by atoms with Crippen LogP contribution in [0.3, 0.4) is 0 Å². The Hall–Kier alpha value is -0.990. The molecule has 0 amide bonds. The standard InChI is InChI=1S/C9H10Br2N6/c1-4-6(10)5(2)17(16-4)9-7(11)8(15-12)13-3-14-9/h3H,12H2,1-2H3,(H,13,14,15). The first-order valence-electron chi connectivity index (χ1n) is 4.75. The second-order valence-corrected chi connectivity index (χ2v) is 4.99. The molecule has 0 radical (unpaired) electrons. The molecule has 0 aromatic carbocycles. The van der Waals surface area contributed by atoms with E-state index in [9.17, 15) is 0 Å². The van der Waals surface area contributed by atoms with Crippen molar-refractivity contribution in [3.8, 4) is 5.82 Å². The predicted octanol–water partition coefficient (Wildman–Crippen LogP) is 2.09. The van der Waals surface area contributed by atoms with Crippen LogP contribution in [-0.4, -0.2) is 19.7 Å². The molecule has 0 fully saturated rings. The van der Waals surface area contributed by atoms with Gasteiger partial charge in [0.25, 0.3) is 0 Å². The van der Waals surface area contributed by atoms with Gasteiger partial charge in [0.1, 0.15) is 10.8 Å². The molecule has 3 N–H and O–H groups in total. The minimum absolute atomic E-state index is 0.513. The number of halogens is 2. The fourth-order valence-corrected chi connectivity index (χ4v) is 2.17. The van der Waals surface area contributed by atoms with Gasteiger partial charge in [-0.05, 0) is 45.7 Å². The number of aryl methyl sites for hydroxylation is 1. The predicted molar refractivity (Wildman–Crippen MR) is 71.8 cm³/mol. The molecular formula is C9H10Br2N6. The lowest BCUT2D eigenvalue weighted by atomic mass is 10.4. The summed E-state index contributed by atoms with van der Waals surface area (Å²) in [4.78, 5) is 8.19. The van der Waals surface area contributed by atoms with E-state index in [1.807, 2.05) is 13.8 Å². The summed E-state index contributed by atoms with van der Waals surface area (Å²) < 4.78 is 3.36. The lowest BCUT2D eigenvalue weighted by molar-refractivity contribution is 0.795. The van der Waals surface area contributed by atoms with Gasteiger partial charge < -0.3 is 5.43 Å². The number of nitrogens with zero attached hydrogens (tertiary/aromatic N) is 4. The van der Waals surface area contributed by atoms with Crippen molar-refractivity contribution < 1.29 is 0 Å². The molecule has 0 saturated heterocycles. The molecule has 0 aliphatic heterocycles. The fraction of sp³-hybridized carbons (Fsp3) is 0.222. The van der Waals surface area contributed by atoms with Gasteiger partial charge in [0.15, 0.2) is 11.6 Å². The minimum Gasteiger partial charge on any atom is -0.307 e. The number of nitrogens with one attached hydrogen (secondary N) is 1. The molecule has 0 bridgehead atoms. The van der Waals surface area contributed by atoms with Crippen LogP contribution in [0.4, 0.5) is 5.82 Å². The van der Waals surface area contributed by atoms with E-state index in [1.165, 1.54) is 6.33 Å². The van der Waals surface area contributed by atoms with Gasteiger partial charge in [-0.3, -0.25) is 0 Å². The molecule has 0 aliphatic rings. The van der Waals surface area contributed by atoms with Crippen molar-refractivity contribution in [3.05, 3.63) is 26.7 Å². The third-order valence-electron chi connectivity index (χ3n) is 2.31. The molecule has 90 valence electrons. The molecule has 0 aliphatic carbocycles. The maximum atomic E-state index is 5.36. The van der Waals surface area contributed by atoms with Crippen LogP contribution in [0, 0.1) is 13.8 Å². The van der Waals surface area contributed by atoms with Crippen LogP contribution in [0.1, 0.15) is 11.4 Å². The Bertz CT molecular complexity index is 565. The topological polar surface area (TPSA) is 81.7 Å². The first-order chi connectivity index (χ1) is 8.06. The van der Waals surface area contributed by atoms with Gasteiger partial charge in [-0.1, -0.05) is 0 Å². The summed E-state index contributed by atoms with van der Waals surface area (Å²) in [7, 11) is 0. The van der Waals surface area contributed by atoms with Gasteiger partial charge in [0, 0.05) is 0 Å². The maximum Gasteiger partial charge on any atom is 0.173 e. The minimum atomic E-state index is 0.513. The molecule has 0 atom stereocenters. The largest absolute Gasteiger partial charge is 0.307 e. The van der Waals surface area contributed by atoms with Crippen molar-refractivity contribution in [3.63, 3.8) is 0 Å². The van der Waals surface area contributed by atoms with E-state index in [2.05, 4.69) is 52.4 Å². The summed E-state index contributed by atoms with van der Waals surface area (Å²) in [5.41, 5.74) is 4.36. The van der Waals surface area contributed by atoms with Crippen LogP contribution in [0.2, 0.25) is 0 Å². The van der Waals surface area contributed by atoms with Crippen molar-refractivity contribution in [2.24, 2.45) is 5.84 Å². The zero-order valence-electron chi connectivity index (χ0n) is 9.20. The van der Waals surface area contributed by atoms with Gasteiger partial charge in [-0.15, -0.1) is 0 Å². The molecule has 0 spiro atoms. The molecule has 0 saturated carbocycles. The highest BCUT2D eigenvalue weighted by Gasteiger charge is 2.15. The first kappa shape index (κ1) is 12.5. The number of nitrogen functional groups attached to an aromatic ring is 1. The summed E-state index contributed by atoms with van der Waals surface area (Å²) in [6, 6.07) is 0. The SMILES string of the molecule is Cc1nn(-c2ncnc(NN)c2Br)c(C)c1Br. The van der Waals surface area contributed by atoms with Crippen molar-refractivity contribution in [2.45, 2.75) is 13.8 Å². The van der Waals surface area contributed by atoms with E-state index >= 15 is 0 Å². The van der Waals surface area contributed by atoms with Crippen LogP contribution < -0.4 is 11.3 Å². The van der Waals surface area contributed by atoms with Crippen molar-refractivity contribution in [2.75, 3.05) is 5.43 Å². The van der Waals surface area contributed by atoms with Crippen molar-refractivity contribution in [1.29, 1.82) is 0 Å². The zero-order chi connectivity index (χ0) is 12.6. The third kappa shape index (κ3) is 2.07. The second kappa shape index (κ2) is 4.71. The van der Waals surface area contributed by atoms with E-state index in [1.54, 1.807) is 4.68 Å². The van der Waals surface area contributed by atoms with E-state index in [-0.39, 0.29) is 0 Å². The monoisotopic (exact) mass is 360 g/mol. The highest BCUT2D eigenvalue weighted by Crippen LogP contribution is 2.28. The number of rotatable bonds is 2. The molecular weight excluding hydrogens is 352 g/mol. The number of hydrazine groups is 1. The van der Waals surface area contributed by atoms with Gasteiger partial charge in [-0.25, -0.2) is 20.5 Å². The number of nitrogens with two attached hydrogens (primary N) is 1. The Morgan fingerprint density at radius 2 is 1.94 bits per heavy atom. The molecule has 2 aromatic heterocycles. The summed E-state index contributed by atoms with van der Waals surface area (Å²) in [5, 5.41) is 4.40. The zero-order valence-corrected chi connectivity index (χ0v) is 12.4. The van der Waals surface area contributed by atoms with Crippen LogP contribution in [0.5, 0.6) is 0 Å². The summed E-state index contributed by atoms with van der Waals surface area (Å²) in [5.74, 6) is 6.51. The lowest BCUT2D eigenvalue weighted by Gasteiger charge is -2.08. The molecule has 17 heavy (non-hydrogen) atoms.